The van der Waals surface area contributed by atoms with E-state index in [1.54, 1.807) is 0 Å². The zero-order chi connectivity index (χ0) is 10.7. The lowest BCUT2D eigenvalue weighted by Gasteiger charge is -2.27. The van der Waals surface area contributed by atoms with Crippen molar-refractivity contribution >= 4 is 5.69 Å². The van der Waals surface area contributed by atoms with Crippen LogP contribution in [0.15, 0.2) is 24.3 Å². The molecular weight excluding hydrogens is 186 g/mol. The largest absolute Gasteiger partial charge is 0.399 e. The maximum atomic E-state index is 9.88. The number of anilines is 1. The van der Waals surface area contributed by atoms with Gasteiger partial charge in [-0.05, 0) is 36.8 Å². The van der Waals surface area contributed by atoms with E-state index in [1.807, 2.05) is 18.2 Å². The van der Waals surface area contributed by atoms with Crippen LogP contribution in [0.25, 0.3) is 0 Å². The van der Waals surface area contributed by atoms with Gasteiger partial charge in [-0.1, -0.05) is 31.0 Å². The van der Waals surface area contributed by atoms with Gasteiger partial charge < -0.3 is 10.8 Å². The normalized spacial score (nSPS) is 26.5. The van der Waals surface area contributed by atoms with E-state index in [4.69, 9.17) is 5.73 Å². The molecule has 2 unspecified atom stereocenters. The Morgan fingerprint density at radius 2 is 1.93 bits per heavy atom. The van der Waals surface area contributed by atoms with E-state index in [0.717, 1.165) is 24.9 Å². The lowest BCUT2D eigenvalue weighted by atomic mass is 9.82. The molecule has 82 valence electrons. The Morgan fingerprint density at radius 1 is 1.20 bits per heavy atom. The molecule has 0 radical (unpaired) electrons. The minimum Gasteiger partial charge on any atom is -0.399 e. The summed E-state index contributed by atoms with van der Waals surface area (Å²) in [5, 5.41) is 9.88. The van der Waals surface area contributed by atoms with Crippen LogP contribution in [0.3, 0.4) is 0 Å². The summed E-state index contributed by atoms with van der Waals surface area (Å²) in [4.78, 5) is 0. The summed E-state index contributed by atoms with van der Waals surface area (Å²) in [7, 11) is 0. The maximum absolute atomic E-state index is 9.88. The van der Waals surface area contributed by atoms with Crippen molar-refractivity contribution in [2.45, 2.75) is 38.2 Å². The van der Waals surface area contributed by atoms with Crippen molar-refractivity contribution < 1.29 is 5.11 Å². The third-order valence-corrected chi connectivity index (χ3v) is 3.41. The summed E-state index contributed by atoms with van der Waals surface area (Å²) in [6, 6.07) is 7.97. The quantitative estimate of drug-likeness (QED) is 0.728. The summed E-state index contributed by atoms with van der Waals surface area (Å²) < 4.78 is 0. The van der Waals surface area contributed by atoms with Crippen LogP contribution in [-0.2, 0) is 6.42 Å². The van der Waals surface area contributed by atoms with Gasteiger partial charge in [0, 0.05) is 5.69 Å². The van der Waals surface area contributed by atoms with Crippen LogP contribution in [-0.4, -0.2) is 11.2 Å². The molecular formula is C13H19NO. The fourth-order valence-corrected chi connectivity index (χ4v) is 2.43. The molecule has 3 N–H and O–H groups in total. The second-order valence-electron chi connectivity index (χ2n) is 4.51. The number of rotatable bonds is 2. The van der Waals surface area contributed by atoms with E-state index < -0.39 is 0 Å². The van der Waals surface area contributed by atoms with Crippen molar-refractivity contribution in [3.8, 4) is 0 Å². The molecule has 0 amide bonds. The highest BCUT2D eigenvalue weighted by Gasteiger charge is 2.23. The van der Waals surface area contributed by atoms with E-state index in [0.29, 0.717) is 5.92 Å². The van der Waals surface area contributed by atoms with Gasteiger partial charge in [-0.25, -0.2) is 0 Å². The number of hydrogen-bond donors (Lipinski definition) is 2. The van der Waals surface area contributed by atoms with E-state index >= 15 is 0 Å². The number of para-hydroxylation sites is 1. The van der Waals surface area contributed by atoms with Crippen molar-refractivity contribution in [1.82, 2.24) is 0 Å². The Labute approximate surface area is 91.1 Å². The first-order valence-electron chi connectivity index (χ1n) is 5.79. The van der Waals surface area contributed by atoms with Crippen molar-refractivity contribution in [3.05, 3.63) is 29.8 Å². The molecule has 2 atom stereocenters. The standard InChI is InChI=1S/C13H19NO/c14-12-7-3-1-5-10(12)9-11-6-2-4-8-13(11)15/h1,3,5,7,11,13,15H,2,4,6,8-9,14H2. The van der Waals surface area contributed by atoms with Crippen LogP contribution in [0.4, 0.5) is 5.69 Å². The molecule has 1 aliphatic rings. The monoisotopic (exact) mass is 205 g/mol. The van der Waals surface area contributed by atoms with Gasteiger partial charge in [-0.3, -0.25) is 0 Å². The molecule has 2 nitrogen and oxygen atoms in total. The number of hydrogen-bond acceptors (Lipinski definition) is 2. The lowest BCUT2D eigenvalue weighted by Crippen LogP contribution is -2.26. The molecule has 2 rings (SSSR count). The van der Waals surface area contributed by atoms with E-state index in [9.17, 15) is 5.11 Å². The Kier molecular flexibility index (Phi) is 3.27. The lowest BCUT2D eigenvalue weighted by molar-refractivity contribution is 0.0701. The van der Waals surface area contributed by atoms with Crippen molar-refractivity contribution in [1.29, 1.82) is 0 Å². The number of aliphatic hydroxyl groups excluding tert-OH is 1. The summed E-state index contributed by atoms with van der Waals surface area (Å²) in [5.41, 5.74) is 7.94. The van der Waals surface area contributed by atoms with Gasteiger partial charge >= 0.3 is 0 Å². The summed E-state index contributed by atoms with van der Waals surface area (Å²) in [5.74, 6) is 0.406. The minimum atomic E-state index is -0.127. The van der Waals surface area contributed by atoms with Crippen LogP contribution in [0.1, 0.15) is 31.2 Å². The molecule has 1 fully saturated rings. The molecule has 1 aliphatic carbocycles. The topological polar surface area (TPSA) is 46.2 Å². The third-order valence-electron chi connectivity index (χ3n) is 3.41. The van der Waals surface area contributed by atoms with Gasteiger partial charge in [0.1, 0.15) is 0 Å². The second kappa shape index (κ2) is 4.67. The van der Waals surface area contributed by atoms with Crippen LogP contribution in [0, 0.1) is 5.92 Å². The van der Waals surface area contributed by atoms with Gasteiger partial charge in [0.15, 0.2) is 0 Å². The predicted octanol–water partition coefficient (Wildman–Crippen LogP) is 2.36. The van der Waals surface area contributed by atoms with Crippen LogP contribution < -0.4 is 5.73 Å². The van der Waals surface area contributed by atoms with Gasteiger partial charge in [-0.2, -0.15) is 0 Å². The molecule has 0 spiro atoms. The highest BCUT2D eigenvalue weighted by atomic mass is 16.3. The Hall–Kier alpha value is -1.02. The number of nitrogen functional groups attached to an aromatic ring is 1. The summed E-state index contributed by atoms with van der Waals surface area (Å²) >= 11 is 0. The number of aliphatic hydroxyl groups is 1. The Balaban J connectivity index is 2.04. The third kappa shape index (κ3) is 2.51. The van der Waals surface area contributed by atoms with Gasteiger partial charge in [0.05, 0.1) is 6.10 Å². The molecule has 0 bridgehead atoms. The number of nitrogens with two attached hydrogens (primary N) is 1. The fourth-order valence-electron chi connectivity index (χ4n) is 2.43. The number of benzene rings is 1. The van der Waals surface area contributed by atoms with Crippen LogP contribution in [0.2, 0.25) is 0 Å². The fraction of sp³-hybridized carbons (Fsp3) is 0.538. The van der Waals surface area contributed by atoms with Crippen molar-refractivity contribution in [2.75, 3.05) is 5.73 Å². The van der Waals surface area contributed by atoms with Gasteiger partial charge in [0.25, 0.3) is 0 Å². The van der Waals surface area contributed by atoms with Gasteiger partial charge in [0.2, 0.25) is 0 Å². The zero-order valence-electron chi connectivity index (χ0n) is 9.02. The van der Waals surface area contributed by atoms with E-state index in [1.165, 1.54) is 18.4 Å². The smallest absolute Gasteiger partial charge is 0.0571 e. The average molecular weight is 205 g/mol. The molecule has 1 aromatic rings. The van der Waals surface area contributed by atoms with E-state index in [2.05, 4.69) is 6.07 Å². The molecule has 0 heterocycles. The maximum Gasteiger partial charge on any atom is 0.0571 e. The molecule has 0 aliphatic heterocycles. The Bertz CT molecular complexity index is 324. The molecule has 15 heavy (non-hydrogen) atoms. The van der Waals surface area contributed by atoms with Crippen molar-refractivity contribution in [2.24, 2.45) is 5.92 Å². The molecule has 0 saturated heterocycles. The first-order chi connectivity index (χ1) is 7.27. The summed E-state index contributed by atoms with van der Waals surface area (Å²) in [6.45, 7) is 0. The second-order valence-corrected chi connectivity index (χ2v) is 4.51. The Morgan fingerprint density at radius 3 is 2.67 bits per heavy atom. The van der Waals surface area contributed by atoms with Crippen molar-refractivity contribution in [3.63, 3.8) is 0 Å². The zero-order valence-corrected chi connectivity index (χ0v) is 9.02. The molecule has 0 aromatic heterocycles. The van der Waals surface area contributed by atoms with Gasteiger partial charge in [-0.15, -0.1) is 0 Å². The summed E-state index contributed by atoms with van der Waals surface area (Å²) in [6.07, 6.45) is 5.30. The highest BCUT2D eigenvalue weighted by Crippen LogP contribution is 2.28. The molecule has 1 aromatic carbocycles. The predicted molar refractivity (Wildman–Crippen MR) is 62.5 cm³/mol. The average Bonchev–Trinajstić information content (AvgIpc) is 2.24. The first kappa shape index (κ1) is 10.5. The van der Waals surface area contributed by atoms with E-state index in [-0.39, 0.29) is 6.10 Å². The van der Waals surface area contributed by atoms with Crippen LogP contribution >= 0.6 is 0 Å². The first-order valence-corrected chi connectivity index (χ1v) is 5.79. The molecule has 2 heteroatoms. The van der Waals surface area contributed by atoms with Crippen LogP contribution in [0.5, 0.6) is 0 Å². The molecule has 1 saturated carbocycles. The minimum absolute atomic E-state index is 0.127. The highest BCUT2D eigenvalue weighted by molar-refractivity contribution is 5.46. The SMILES string of the molecule is Nc1ccccc1CC1CCCCC1O.